The van der Waals surface area contributed by atoms with Gasteiger partial charge in [-0.25, -0.2) is 4.98 Å². The molecule has 0 radical (unpaired) electrons. The fourth-order valence-corrected chi connectivity index (χ4v) is 3.79. The molecule has 2 aliphatic rings. The van der Waals surface area contributed by atoms with Gasteiger partial charge in [0, 0.05) is 50.6 Å². The van der Waals surface area contributed by atoms with Crippen LogP contribution < -0.4 is 9.47 Å². The van der Waals surface area contributed by atoms with Crippen molar-refractivity contribution in [2.24, 2.45) is 0 Å². The van der Waals surface area contributed by atoms with Gasteiger partial charge in [0.2, 0.25) is 0 Å². The number of hydrogen-bond donors (Lipinski definition) is 0. The zero-order valence-electron chi connectivity index (χ0n) is 15.6. The second kappa shape index (κ2) is 8.00. The first kappa shape index (κ1) is 17.9. The van der Waals surface area contributed by atoms with Crippen LogP contribution in [0.15, 0.2) is 30.6 Å². The third-order valence-electron chi connectivity index (χ3n) is 5.15. The van der Waals surface area contributed by atoms with Crippen molar-refractivity contribution in [2.45, 2.75) is 25.3 Å². The van der Waals surface area contributed by atoms with E-state index in [4.69, 9.17) is 14.2 Å². The number of piperidine rings is 1. The summed E-state index contributed by atoms with van der Waals surface area (Å²) in [4.78, 5) is 19.5. The highest BCUT2D eigenvalue weighted by atomic mass is 16.6. The Morgan fingerprint density at radius 3 is 3.00 bits per heavy atom. The maximum Gasteiger partial charge on any atom is 0.254 e. The van der Waals surface area contributed by atoms with Crippen LogP contribution in [0.1, 0.15) is 34.9 Å². The van der Waals surface area contributed by atoms with Gasteiger partial charge in [0.05, 0.1) is 6.61 Å². The molecule has 1 fully saturated rings. The number of ether oxygens (including phenoxy) is 3. The summed E-state index contributed by atoms with van der Waals surface area (Å²) in [6.07, 6.45) is 5.82. The minimum Gasteiger partial charge on any atom is -0.486 e. The van der Waals surface area contributed by atoms with Gasteiger partial charge >= 0.3 is 0 Å². The van der Waals surface area contributed by atoms with Crippen LogP contribution in [0.5, 0.6) is 11.5 Å². The van der Waals surface area contributed by atoms with Gasteiger partial charge in [-0.05, 0) is 31.0 Å². The number of aromatic nitrogens is 2. The number of amides is 1. The number of methoxy groups -OCH3 is 1. The maximum atomic E-state index is 13.0. The van der Waals surface area contributed by atoms with Gasteiger partial charge in [-0.2, -0.15) is 0 Å². The van der Waals surface area contributed by atoms with E-state index in [9.17, 15) is 4.79 Å². The second-order valence-corrected chi connectivity index (χ2v) is 6.92. The zero-order chi connectivity index (χ0) is 18.6. The smallest absolute Gasteiger partial charge is 0.254 e. The molecule has 1 atom stereocenters. The van der Waals surface area contributed by atoms with Crippen molar-refractivity contribution < 1.29 is 19.0 Å². The van der Waals surface area contributed by atoms with E-state index >= 15 is 0 Å². The van der Waals surface area contributed by atoms with E-state index in [1.165, 1.54) is 0 Å². The molecule has 4 rings (SSSR count). The lowest BCUT2D eigenvalue weighted by atomic mass is 9.96. The summed E-state index contributed by atoms with van der Waals surface area (Å²) in [7, 11) is 1.70. The number of benzene rings is 1. The van der Waals surface area contributed by atoms with E-state index in [2.05, 4.69) is 9.55 Å². The minimum atomic E-state index is 0.0340. The highest BCUT2D eigenvalue weighted by Crippen LogP contribution is 2.32. The Balaban J connectivity index is 1.48. The van der Waals surface area contributed by atoms with Crippen molar-refractivity contribution in [3.8, 4) is 11.5 Å². The Bertz CT molecular complexity index is 804. The molecule has 0 bridgehead atoms. The Labute approximate surface area is 158 Å². The number of carbonyl (C=O) groups excluding carboxylic acids is 1. The molecule has 2 aromatic rings. The summed E-state index contributed by atoms with van der Waals surface area (Å²) in [5.74, 6) is 2.66. The molecule has 0 aliphatic carbocycles. The first-order chi connectivity index (χ1) is 13.3. The van der Waals surface area contributed by atoms with E-state index < -0.39 is 0 Å². The lowest BCUT2D eigenvalue weighted by Gasteiger charge is -2.33. The van der Waals surface area contributed by atoms with Crippen LogP contribution in [0.3, 0.4) is 0 Å². The van der Waals surface area contributed by atoms with Crippen LogP contribution in [-0.4, -0.2) is 60.4 Å². The van der Waals surface area contributed by atoms with Crippen LogP contribution in [0.2, 0.25) is 0 Å². The van der Waals surface area contributed by atoms with Crippen molar-refractivity contribution in [2.75, 3.05) is 40.0 Å². The zero-order valence-corrected chi connectivity index (χ0v) is 15.6. The fourth-order valence-electron chi connectivity index (χ4n) is 3.79. The Morgan fingerprint density at radius 1 is 1.30 bits per heavy atom. The van der Waals surface area contributed by atoms with E-state index in [0.29, 0.717) is 43.4 Å². The molecule has 2 aliphatic heterocycles. The van der Waals surface area contributed by atoms with Crippen molar-refractivity contribution in [1.82, 2.24) is 14.5 Å². The molecule has 144 valence electrons. The summed E-state index contributed by atoms with van der Waals surface area (Å²) in [5, 5.41) is 0. The summed E-state index contributed by atoms with van der Waals surface area (Å²) in [6.45, 7) is 3.93. The average molecular weight is 371 g/mol. The van der Waals surface area contributed by atoms with Crippen LogP contribution >= 0.6 is 0 Å². The molecule has 3 heterocycles. The minimum absolute atomic E-state index is 0.0340. The van der Waals surface area contributed by atoms with Crippen LogP contribution in [0.4, 0.5) is 0 Å². The van der Waals surface area contributed by atoms with Gasteiger partial charge < -0.3 is 23.7 Å². The van der Waals surface area contributed by atoms with Crippen LogP contribution in [-0.2, 0) is 11.3 Å². The van der Waals surface area contributed by atoms with Gasteiger partial charge in [-0.1, -0.05) is 0 Å². The summed E-state index contributed by atoms with van der Waals surface area (Å²) < 4.78 is 18.5. The van der Waals surface area contributed by atoms with E-state index in [-0.39, 0.29) is 11.8 Å². The molecule has 0 spiro atoms. The molecule has 7 heteroatoms. The molecule has 7 nitrogen and oxygen atoms in total. The molecule has 1 aromatic heterocycles. The first-order valence-corrected chi connectivity index (χ1v) is 9.45. The topological polar surface area (TPSA) is 65.8 Å². The predicted molar refractivity (Wildman–Crippen MR) is 99.4 cm³/mol. The van der Waals surface area contributed by atoms with Gasteiger partial charge in [-0.15, -0.1) is 0 Å². The number of nitrogens with zero attached hydrogens (tertiary/aromatic N) is 3. The molecular weight excluding hydrogens is 346 g/mol. The Kier molecular flexibility index (Phi) is 5.29. The number of rotatable bonds is 5. The van der Waals surface area contributed by atoms with Gasteiger partial charge in [-0.3, -0.25) is 4.79 Å². The van der Waals surface area contributed by atoms with E-state index in [1.807, 2.05) is 29.4 Å². The molecule has 1 aromatic carbocycles. The molecule has 27 heavy (non-hydrogen) atoms. The lowest BCUT2D eigenvalue weighted by molar-refractivity contribution is 0.0701. The number of hydrogen-bond acceptors (Lipinski definition) is 5. The monoisotopic (exact) mass is 371 g/mol. The summed E-state index contributed by atoms with van der Waals surface area (Å²) in [6, 6.07) is 5.43. The average Bonchev–Trinajstić information content (AvgIpc) is 3.20. The second-order valence-electron chi connectivity index (χ2n) is 6.92. The SMILES string of the molecule is COCCn1ccnc1[C@H]1CCCN(C(=O)c2ccc3c(c2)OCCO3)C1. The van der Waals surface area contributed by atoms with Gasteiger partial charge in [0.1, 0.15) is 19.0 Å². The molecule has 0 saturated carbocycles. The molecule has 1 saturated heterocycles. The van der Waals surface area contributed by atoms with Crippen molar-refractivity contribution in [1.29, 1.82) is 0 Å². The highest BCUT2D eigenvalue weighted by Gasteiger charge is 2.28. The van der Waals surface area contributed by atoms with E-state index in [0.717, 1.165) is 31.8 Å². The van der Waals surface area contributed by atoms with Crippen molar-refractivity contribution in [3.05, 3.63) is 42.0 Å². The van der Waals surface area contributed by atoms with Gasteiger partial charge in [0.25, 0.3) is 5.91 Å². The predicted octanol–water partition coefficient (Wildman–Crippen LogP) is 2.32. The number of likely N-dealkylation sites (tertiary alicyclic amines) is 1. The fraction of sp³-hybridized carbons (Fsp3) is 0.500. The third kappa shape index (κ3) is 3.78. The maximum absolute atomic E-state index is 13.0. The molecule has 1 amide bonds. The molecular formula is C20H25N3O4. The Hall–Kier alpha value is -2.54. The van der Waals surface area contributed by atoms with Crippen molar-refractivity contribution in [3.63, 3.8) is 0 Å². The third-order valence-corrected chi connectivity index (χ3v) is 5.15. The standard InChI is InChI=1S/C20H25N3O4/c1-25-10-9-22-8-6-21-19(22)16-3-2-7-23(14-16)20(24)15-4-5-17-18(13-15)27-12-11-26-17/h4-6,8,13,16H,2-3,7,9-12,14H2,1H3/t16-/m0/s1. The van der Waals surface area contributed by atoms with E-state index in [1.54, 1.807) is 13.2 Å². The molecule has 0 unspecified atom stereocenters. The number of fused-ring (bicyclic) bond motifs is 1. The number of carbonyl (C=O) groups is 1. The van der Waals surface area contributed by atoms with Crippen molar-refractivity contribution >= 4 is 5.91 Å². The number of imidazole rings is 1. The summed E-state index contributed by atoms with van der Waals surface area (Å²) in [5.41, 5.74) is 0.641. The van der Waals surface area contributed by atoms with Crippen LogP contribution in [0.25, 0.3) is 0 Å². The first-order valence-electron chi connectivity index (χ1n) is 9.45. The largest absolute Gasteiger partial charge is 0.486 e. The quantitative estimate of drug-likeness (QED) is 0.807. The highest BCUT2D eigenvalue weighted by molar-refractivity contribution is 5.95. The normalized spacial score (nSPS) is 19.1. The summed E-state index contributed by atoms with van der Waals surface area (Å²) >= 11 is 0. The molecule has 0 N–H and O–H groups in total. The van der Waals surface area contributed by atoms with Crippen LogP contribution in [0, 0.1) is 0 Å². The lowest BCUT2D eigenvalue weighted by Crippen LogP contribution is -2.39. The van der Waals surface area contributed by atoms with Gasteiger partial charge in [0.15, 0.2) is 11.5 Å². The Morgan fingerprint density at radius 2 is 2.15 bits per heavy atom.